The molecule has 5 heteroatoms. The lowest BCUT2D eigenvalue weighted by Gasteiger charge is -2.28. The number of ether oxygens (including phenoxy) is 1. The minimum Gasteiger partial charge on any atom is -0.495 e. The maximum atomic E-state index is 12.2. The zero-order chi connectivity index (χ0) is 15.1. The first kappa shape index (κ1) is 16.4. The number of methoxy groups -OCH3 is 1. The van der Waals surface area contributed by atoms with Gasteiger partial charge in [0.1, 0.15) is 5.75 Å². The Morgan fingerprint density at radius 3 is 2.65 bits per heavy atom. The Balaban J connectivity index is 2.60. The Labute approximate surface area is 120 Å². The van der Waals surface area contributed by atoms with Crippen molar-refractivity contribution in [3.63, 3.8) is 0 Å². The summed E-state index contributed by atoms with van der Waals surface area (Å²) in [6, 6.07) is 1.97. The number of nitrogens with zero attached hydrogens (tertiary/aromatic N) is 2. The normalized spacial score (nSPS) is 12.3. The van der Waals surface area contributed by atoms with Crippen molar-refractivity contribution in [1.29, 1.82) is 0 Å². The highest BCUT2D eigenvalue weighted by Crippen LogP contribution is 2.13. The van der Waals surface area contributed by atoms with E-state index in [1.165, 1.54) is 0 Å². The molecule has 0 aromatic carbocycles. The number of aromatic nitrogens is 1. The van der Waals surface area contributed by atoms with Gasteiger partial charge in [-0.15, -0.1) is 0 Å². The van der Waals surface area contributed by atoms with Crippen LogP contribution in [0.5, 0.6) is 5.75 Å². The second kappa shape index (κ2) is 7.85. The summed E-state index contributed by atoms with van der Waals surface area (Å²) in [7, 11) is 1.59. The van der Waals surface area contributed by atoms with E-state index < -0.39 is 6.10 Å². The number of carbonyl (C=O) groups excluding carboxylic acids is 1. The maximum absolute atomic E-state index is 12.2. The lowest BCUT2D eigenvalue weighted by atomic mass is 10.1. The maximum Gasteiger partial charge on any atom is 0.223 e. The minimum absolute atomic E-state index is 0.0451. The van der Waals surface area contributed by atoms with Crippen molar-refractivity contribution in [3.05, 3.63) is 24.0 Å². The molecule has 20 heavy (non-hydrogen) atoms. The summed E-state index contributed by atoms with van der Waals surface area (Å²) < 4.78 is 5.11. The third-order valence-electron chi connectivity index (χ3n) is 3.04. The van der Waals surface area contributed by atoms with Gasteiger partial charge in [0.25, 0.3) is 0 Å². The number of rotatable bonds is 7. The van der Waals surface area contributed by atoms with E-state index in [-0.39, 0.29) is 11.9 Å². The second-order valence-electron chi connectivity index (χ2n) is 5.22. The van der Waals surface area contributed by atoms with Crippen LogP contribution in [0, 0.1) is 0 Å². The topological polar surface area (TPSA) is 62.7 Å². The molecule has 1 rings (SSSR count). The highest BCUT2D eigenvalue weighted by atomic mass is 16.5. The fraction of sp³-hybridized carbons (Fsp3) is 0.600. The van der Waals surface area contributed by atoms with E-state index in [4.69, 9.17) is 4.74 Å². The Morgan fingerprint density at radius 2 is 2.10 bits per heavy atom. The molecular weight excluding hydrogens is 256 g/mol. The van der Waals surface area contributed by atoms with Crippen LogP contribution in [0.4, 0.5) is 0 Å². The Kier molecular flexibility index (Phi) is 6.45. The summed E-state index contributed by atoms with van der Waals surface area (Å²) in [6.07, 6.45) is 3.88. The van der Waals surface area contributed by atoms with E-state index in [0.717, 1.165) is 5.56 Å². The van der Waals surface area contributed by atoms with Gasteiger partial charge in [0, 0.05) is 25.2 Å². The fourth-order valence-corrected chi connectivity index (χ4v) is 1.99. The van der Waals surface area contributed by atoms with Crippen molar-refractivity contribution >= 4 is 5.91 Å². The van der Waals surface area contributed by atoms with Crippen LogP contribution in [0.1, 0.15) is 32.8 Å². The molecule has 0 fully saturated rings. The van der Waals surface area contributed by atoms with Crippen molar-refractivity contribution in [3.8, 4) is 5.75 Å². The zero-order valence-corrected chi connectivity index (χ0v) is 12.7. The molecule has 1 N–H and O–H groups in total. The summed E-state index contributed by atoms with van der Waals surface area (Å²) in [6.45, 7) is 5.96. The molecule has 0 aliphatic heterocycles. The van der Waals surface area contributed by atoms with Crippen molar-refractivity contribution in [2.45, 2.75) is 45.8 Å². The van der Waals surface area contributed by atoms with Gasteiger partial charge in [0.05, 0.1) is 19.4 Å². The first-order chi connectivity index (χ1) is 9.43. The first-order valence-electron chi connectivity index (χ1n) is 6.89. The van der Waals surface area contributed by atoms with Gasteiger partial charge in [-0.2, -0.15) is 0 Å². The summed E-state index contributed by atoms with van der Waals surface area (Å²) in [4.78, 5) is 18.0. The largest absolute Gasteiger partial charge is 0.495 e. The number of hydrogen-bond donors (Lipinski definition) is 1. The van der Waals surface area contributed by atoms with Crippen LogP contribution < -0.4 is 4.74 Å². The Hall–Kier alpha value is -1.62. The molecule has 1 atom stereocenters. The molecule has 0 spiro atoms. The van der Waals surface area contributed by atoms with Crippen molar-refractivity contribution in [2.24, 2.45) is 0 Å². The van der Waals surface area contributed by atoms with Crippen molar-refractivity contribution < 1.29 is 14.6 Å². The number of carbonyl (C=O) groups is 1. The quantitative estimate of drug-likeness (QED) is 0.825. The predicted molar refractivity (Wildman–Crippen MR) is 77.6 cm³/mol. The van der Waals surface area contributed by atoms with E-state index in [2.05, 4.69) is 4.98 Å². The van der Waals surface area contributed by atoms with E-state index in [0.29, 0.717) is 25.1 Å². The van der Waals surface area contributed by atoms with Crippen LogP contribution in [0.15, 0.2) is 18.5 Å². The smallest absolute Gasteiger partial charge is 0.223 e. The molecule has 0 aliphatic rings. The van der Waals surface area contributed by atoms with E-state index in [9.17, 15) is 9.90 Å². The molecule has 1 unspecified atom stereocenters. The van der Waals surface area contributed by atoms with Gasteiger partial charge in [0.15, 0.2) is 0 Å². The first-order valence-corrected chi connectivity index (χ1v) is 6.89. The van der Waals surface area contributed by atoms with Gasteiger partial charge in [-0.3, -0.25) is 9.78 Å². The molecule has 0 aliphatic carbocycles. The zero-order valence-electron chi connectivity index (χ0n) is 12.7. The third kappa shape index (κ3) is 5.17. The molecule has 0 saturated carbocycles. The summed E-state index contributed by atoms with van der Waals surface area (Å²) in [5.41, 5.74) is 0.971. The number of aliphatic hydroxyl groups excluding tert-OH is 1. The van der Waals surface area contributed by atoms with Crippen LogP contribution in [0.25, 0.3) is 0 Å². The molecule has 1 amide bonds. The monoisotopic (exact) mass is 280 g/mol. The van der Waals surface area contributed by atoms with E-state index >= 15 is 0 Å². The van der Waals surface area contributed by atoms with Crippen LogP contribution in [-0.2, 0) is 11.2 Å². The van der Waals surface area contributed by atoms with Crippen LogP contribution in [0.3, 0.4) is 0 Å². The molecule has 1 aromatic rings. The van der Waals surface area contributed by atoms with Gasteiger partial charge in [0.2, 0.25) is 5.91 Å². The van der Waals surface area contributed by atoms with Gasteiger partial charge in [-0.25, -0.2) is 0 Å². The molecule has 1 aromatic heterocycles. The lowest BCUT2D eigenvalue weighted by Crippen LogP contribution is -2.41. The van der Waals surface area contributed by atoms with Gasteiger partial charge in [-0.1, -0.05) is 0 Å². The molecule has 5 nitrogen and oxygen atoms in total. The second-order valence-corrected chi connectivity index (χ2v) is 5.22. The summed E-state index contributed by atoms with van der Waals surface area (Å²) in [5, 5.41) is 9.45. The number of aliphatic hydroxyl groups is 1. The average molecular weight is 280 g/mol. The van der Waals surface area contributed by atoms with Crippen molar-refractivity contribution in [2.75, 3.05) is 13.7 Å². The summed E-state index contributed by atoms with van der Waals surface area (Å²) in [5.74, 6) is 0.739. The molecule has 0 saturated heterocycles. The van der Waals surface area contributed by atoms with Crippen molar-refractivity contribution in [1.82, 2.24) is 9.88 Å². The van der Waals surface area contributed by atoms with Gasteiger partial charge in [-0.05, 0) is 38.8 Å². The molecule has 0 bridgehead atoms. The third-order valence-corrected chi connectivity index (χ3v) is 3.04. The number of amides is 1. The van der Waals surface area contributed by atoms with Crippen LogP contribution in [0.2, 0.25) is 0 Å². The minimum atomic E-state index is -0.514. The Bertz CT molecular complexity index is 433. The number of aryl methyl sites for hydroxylation is 1. The van der Waals surface area contributed by atoms with Gasteiger partial charge < -0.3 is 14.7 Å². The number of hydrogen-bond acceptors (Lipinski definition) is 4. The number of pyridine rings is 1. The SMILES string of the molecule is COc1cncc(CCC(=O)N(CC(C)O)C(C)C)c1. The Morgan fingerprint density at radius 1 is 1.40 bits per heavy atom. The van der Waals surface area contributed by atoms with Crippen LogP contribution >= 0.6 is 0 Å². The fourth-order valence-electron chi connectivity index (χ4n) is 1.99. The standard InChI is InChI=1S/C15H24N2O3/c1-11(2)17(10-12(3)18)15(19)6-5-13-7-14(20-4)9-16-8-13/h7-9,11-12,18H,5-6,10H2,1-4H3. The van der Waals surface area contributed by atoms with E-state index in [1.54, 1.807) is 31.3 Å². The average Bonchev–Trinajstić information content (AvgIpc) is 2.42. The lowest BCUT2D eigenvalue weighted by molar-refractivity contribution is -0.134. The predicted octanol–water partition coefficient (Wildman–Crippen LogP) is 1.64. The molecule has 0 radical (unpaired) electrons. The molecule has 112 valence electrons. The van der Waals surface area contributed by atoms with E-state index in [1.807, 2.05) is 19.9 Å². The molecular formula is C15H24N2O3. The van der Waals surface area contributed by atoms with Gasteiger partial charge >= 0.3 is 0 Å². The highest BCUT2D eigenvalue weighted by molar-refractivity contribution is 5.76. The van der Waals surface area contributed by atoms with Crippen LogP contribution in [-0.4, -0.2) is 46.7 Å². The summed E-state index contributed by atoms with van der Waals surface area (Å²) >= 11 is 0. The molecule has 1 heterocycles. The highest BCUT2D eigenvalue weighted by Gasteiger charge is 2.18.